The number of hydrogen-bond acceptors (Lipinski definition) is 4. The van der Waals surface area contributed by atoms with Gasteiger partial charge in [0.15, 0.2) is 11.5 Å². The van der Waals surface area contributed by atoms with E-state index in [0.29, 0.717) is 17.6 Å². The molecule has 17 heavy (non-hydrogen) atoms. The predicted molar refractivity (Wildman–Crippen MR) is 59.7 cm³/mol. The van der Waals surface area contributed by atoms with Gasteiger partial charge in [0.2, 0.25) is 5.78 Å². The second kappa shape index (κ2) is 4.57. The van der Waals surface area contributed by atoms with Crippen LogP contribution in [0.2, 0.25) is 0 Å². The van der Waals surface area contributed by atoms with Crippen molar-refractivity contribution < 1.29 is 19.1 Å². The topological polar surface area (TPSA) is 60.4 Å². The van der Waals surface area contributed by atoms with Gasteiger partial charge in [-0.2, -0.15) is 0 Å². The molecule has 0 N–H and O–H groups in total. The highest BCUT2D eigenvalue weighted by Gasteiger charge is 2.15. The Labute approximate surface area is 97.2 Å². The van der Waals surface area contributed by atoms with Crippen molar-refractivity contribution in [2.75, 3.05) is 0 Å². The lowest BCUT2D eigenvalue weighted by molar-refractivity contribution is -0.116. The molecule has 0 saturated carbocycles. The highest BCUT2D eigenvalue weighted by atomic mass is 16.5. The van der Waals surface area contributed by atoms with Gasteiger partial charge in [-0.3, -0.25) is 14.4 Å². The minimum Gasteiger partial charge on any atom is -0.453 e. The molecule has 0 saturated heterocycles. The molecule has 0 atom stereocenters. The number of carbonyl (C=O) groups is 3. The largest absolute Gasteiger partial charge is 0.453 e. The van der Waals surface area contributed by atoms with Crippen LogP contribution in [0.4, 0.5) is 0 Å². The zero-order chi connectivity index (χ0) is 12.3. The monoisotopic (exact) mass is 228 g/mol. The molecule has 1 aromatic rings. The third-order valence-corrected chi connectivity index (χ3v) is 2.16. The molecule has 0 fully saturated rings. The maximum atomic E-state index is 11.4. The predicted octanol–water partition coefficient (Wildman–Crippen LogP) is 1.47. The summed E-state index contributed by atoms with van der Waals surface area (Å²) in [5.41, 5.74) is 0.511. The van der Waals surface area contributed by atoms with E-state index in [1.165, 1.54) is 6.08 Å². The van der Waals surface area contributed by atoms with Gasteiger partial charge in [0.25, 0.3) is 0 Å². The zero-order valence-electron chi connectivity index (χ0n) is 8.75. The van der Waals surface area contributed by atoms with Crippen molar-refractivity contribution in [3.8, 4) is 5.75 Å². The van der Waals surface area contributed by atoms with Crippen LogP contribution in [0.1, 0.15) is 10.4 Å². The molecular formula is C13H8O4. The van der Waals surface area contributed by atoms with Crippen LogP contribution in [0.5, 0.6) is 5.75 Å². The normalized spacial score (nSPS) is 14.5. The summed E-state index contributed by atoms with van der Waals surface area (Å²) in [6, 6.07) is 6.24. The lowest BCUT2D eigenvalue weighted by Crippen LogP contribution is -2.12. The van der Waals surface area contributed by atoms with Crippen LogP contribution in [0, 0.1) is 0 Å². The Bertz CT molecular complexity index is 535. The van der Waals surface area contributed by atoms with E-state index in [2.05, 4.69) is 0 Å². The molecule has 0 aliphatic heterocycles. The number of ether oxygens (including phenoxy) is 1. The van der Waals surface area contributed by atoms with Gasteiger partial charge in [0.1, 0.15) is 12.0 Å². The van der Waals surface area contributed by atoms with Gasteiger partial charge in [-0.25, -0.2) is 0 Å². The number of benzene rings is 1. The summed E-state index contributed by atoms with van der Waals surface area (Å²) in [6.45, 7) is 0. The van der Waals surface area contributed by atoms with Crippen molar-refractivity contribution in [2.45, 2.75) is 0 Å². The molecular weight excluding hydrogens is 220 g/mol. The van der Waals surface area contributed by atoms with Crippen molar-refractivity contribution in [3.05, 3.63) is 53.8 Å². The molecule has 2 rings (SSSR count). The van der Waals surface area contributed by atoms with E-state index < -0.39 is 0 Å². The minimum absolute atomic E-state index is 0.0173. The number of rotatable bonds is 3. The fraction of sp³-hybridized carbons (Fsp3) is 0. The molecule has 0 bridgehead atoms. The Morgan fingerprint density at radius 1 is 1.00 bits per heavy atom. The molecule has 1 aromatic carbocycles. The smallest absolute Gasteiger partial charge is 0.221 e. The summed E-state index contributed by atoms with van der Waals surface area (Å²) in [7, 11) is 0. The highest BCUT2D eigenvalue weighted by Crippen LogP contribution is 2.16. The van der Waals surface area contributed by atoms with Crippen LogP contribution in [-0.4, -0.2) is 17.9 Å². The van der Waals surface area contributed by atoms with Crippen LogP contribution >= 0.6 is 0 Å². The Hall–Kier alpha value is -2.49. The van der Waals surface area contributed by atoms with Crippen molar-refractivity contribution >= 4 is 17.9 Å². The zero-order valence-corrected chi connectivity index (χ0v) is 8.75. The van der Waals surface area contributed by atoms with E-state index in [1.807, 2.05) is 0 Å². The third kappa shape index (κ3) is 2.55. The molecule has 4 nitrogen and oxygen atoms in total. The average Bonchev–Trinajstić information content (AvgIpc) is 2.35. The standard InChI is InChI=1S/C13H8O4/c14-8-9-1-4-11(5-2-9)17-13-7-10(15)3-6-12(13)16/h1-8H. The highest BCUT2D eigenvalue weighted by molar-refractivity contribution is 6.16. The molecule has 0 unspecified atom stereocenters. The number of carbonyl (C=O) groups excluding carboxylic acids is 3. The molecule has 0 spiro atoms. The summed E-state index contributed by atoms with van der Waals surface area (Å²) in [5.74, 6) is -0.261. The molecule has 0 heterocycles. The average molecular weight is 228 g/mol. The van der Waals surface area contributed by atoms with Crippen molar-refractivity contribution in [1.82, 2.24) is 0 Å². The summed E-state index contributed by atoms with van der Waals surface area (Å²) >= 11 is 0. The fourth-order valence-electron chi connectivity index (χ4n) is 1.31. The maximum Gasteiger partial charge on any atom is 0.221 e. The first-order valence-electron chi connectivity index (χ1n) is 4.90. The van der Waals surface area contributed by atoms with Gasteiger partial charge < -0.3 is 4.74 Å². The second-order valence-corrected chi connectivity index (χ2v) is 3.40. The molecule has 4 heteroatoms. The summed E-state index contributed by atoms with van der Waals surface area (Å²) in [4.78, 5) is 32.9. The summed E-state index contributed by atoms with van der Waals surface area (Å²) in [6.07, 6.45) is 4.19. The van der Waals surface area contributed by atoms with E-state index in [0.717, 1.165) is 12.2 Å². The maximum absolute atomic E-state index is 11.4. The molecule has 1 aliphatic rings. The number of allylic oxidation sites excluding steroid dienone is 3. The number of ketones is 2. The van der Waals surface area contributed by atoms with Crippen molar-refractivity contribution in [2.24, 2.45) is 0 Å². The van der Waals surface area contributed by atoms with Crippen LogP contribution in [0.25, 0.3) is 0 Å². The Morgan fingerprint density at radius 3 is 2.35 bits per heavy atom. The van der Waals surface area contributed by atoms with Gasteiger partial charge in [0.05, 0.1) is 0 Å². The second-order valence-electron chi connectivity index (χ2n) is 3.40. The Kier molecular flexibility index (Phi) is 2.96. The number of aldehydes is 1. The first-order chi connectivity index (χ1) is 8.19. The lowest BCUT2D eigenvalue weighted by Gasteiger charge is -2.08. The first-order valence-corrected chi connectivity index (χ1v) is 4.90. The summed E-state index contributed by atoms with van der Waals surface area (Å²) < 4.78 is 5.26. The lowest BCUT2D eigenvalue weighted by atomic mass is 10.1. The van der Waals surface area contributed by atoms with Gasteiger partial charge in [-0.1, -0.05) is 0 Å². The molecule has 0 amide bonds. The molecule has 0 radical (unpaired) electrons. The fourth-order valence-corrected chi connectivity index (χ4v) is 1.31. The van der Waals surface area contributed by atoms with Gasteiger partial charge in [0, 0.05) is 11.6 Å². The van der Waals surface area contributed by atoms with Crippen LogP contribution in [0.3, 0.4) is 0 Å². The molecule has 84 valence electrons. The SMILES string of the molecule is O=Cc1ccc(OC2=CC(=O)C=CC2=O)cc1. The van der Waals surface area contributed by atoms with Gasteiger partial charge in [-0.15, -0.1) is 0 Å². The molecule has 1 aliphatic carbocycles. The third-order valence-electron chi connectivity index (χ3n) is 2.16. The van der Waals surface area contributed by atoms with Crippen LogP contribution in [-0.2, 0) is 9.59 Å². The van der Waals surface area contributed by atoms with Crippen molar-refractivity contribution in [1.29, 1.82) is 0 Å². The van der Waals surface area contributed by atoms with E-state index in [-0.39, 0.29) is 17.3 Å². The van der Waals surface area contributed by atoms with E-state index in [9.17, 15) is 14.4 Å². The van der Waals surface area contributed by atoms with E-state index in [4.69, 9.17) is 4.74 Å². The Balaban J connectivity index is 2.17. The van der Waals surface area contributed by atoms with Crippen LogP contribution in [0.15, 0.2) is 48.3 Å². The van der Waals surface area contributed by atoms with Crippen molar-refractivity contribution in [3.63, 3.8) is 0 Å². The minimum atomic E-state index is -0.357. The first kappa shape index (κ1) is 11.0. The van der Waals surface area contributed by atoms with Gasteiger partial charge >= 0.3 is 0 Å². The van der Waals surface area contributed by atoms with Gasteiger partial charge in [-0.05, 0) is 36.4 Å². The molecule has 0 aromatic heterocycles. The number of hydrogen-bond donors (Lipinski definition) is 0. The summed E-state index contributed by atoms with van der Waals surface area (Å²) in [5, 5.41) is 0. The Morgan fingerprint density at radius 2 is 1.71 bits per heavy atom. The quantitative estimate of drug-likeness (QED) is 0.580. The van der Waals surface area contributed by atoms with E-state index >= 15 is 0 Å². The van der Waals surface area contributed by atoms with Crippen LogP contribution < -0.4 is 4.74 Å². The van der Waals surface area contributed by atoms with E-state index in [1.54, 1.807) is 24.3 Å².